The Morgan fingerprint density at radius 3 is 2.33 bits per heavy atom. The van der Waals surface area contributed by atoms with Gasteiger partial charge in [0.05, 0.1) is 18.2 Å². The molecule has 6 nitrogen and oxygen atoms in total. The van der Waals surface area contributed by atoms with Gasteiger partial charge < -0.3 is 9.64 Å². The largest absolute Gasteiger partial charge is 0.494 e. The number of nitriles is 1. The van der Waals surface area contributed by atoms with E-state index in [9.17, 15) is 4.79 Å². The highest BCUT2D eigenvalue weighted by Gasteiger charge is 2.27. The maximum absolute atomic E-state index is 12.1. The summed E-state index contributed by atoms with van der Waals surface area (Å²) in [6.45, 7) is 2.55. The molecule has 0 aliphatic carbocycles. The number of amides is 2. The SMILES string of the molecule is CN(C)C(=O)N(C)N1CC[C@@H](CCCOc2ccc(-c3ccc(C#N)cc3)cc2)C1. The molecular weight excluding hydrogens is 376 g/mol. The second kappa shape index (κ2) is 10.1. The number of carbonyl (C=O) groups is 1. The van der Waals surface area contributed by atoms with E-state index in [0.717, 1.165) is 49.2 Å². The van der Waals surface area contributed by atoms with Crippen molar-refractivity contribution in [3.63, 3.8) is 0 Å². The Morgan fingerprint density at radius 1 is 1.10 bits per heavy atom. The zero-order valence-corrected chi connectivity index (χ0v) is 18.0. The Kier molecular flexibility index (Phi) is 7.31. The minimum absolute atomic E-state index is 0.0171. The summed E-state index contributed by atoms with van der Waals surface area (Å²) in [6, 6.07) is 17.8. The zero-order chi connectivity index (χ0) is 21.5. The average Bonchev–Trinajstić information content (AvgIpc) is 3.25. The highest BCUT2D eigenvalue weighted by Crippen LogP contribution is 2.24. The highest BCUT2D eigenvalue weighted by molar-refractivity contribution is 5.72. The maximum Gasteiger partial charge on any atom is 0.333 e. The van der Waals surface area contributed by atoms with Crippen molar-refractivity contribution in [3.8, 4) is 22.9 Å². The molecule has 2 amide bonds. The van der Waals surface area contributed by atoms with E-state index in [1.165, 1.54) is 0 Å². The quantitative estimate of drug-likeness (QED) is 0.646. The minimum Gasteiger partial charge on any atom is -0.494 e. The van der Waals surface area contributed by atoms with Gasteiger partial charge in [-0.25, -0.2) is 9.80 Å². The van der Waals surface area contributed by atoms with Crippen LogP contribution >= 0.6 is 0 Å². The summed E-state index contributed by atoms with van der Waals surface area (Å²) in [6.07, 6.45) is 3.22. The van der Waals surface area contributed by atoms with Gasteiger partial charge in [-0.15, -0.1) is 0 Å². The van der Waals surface area contributed by atoms with Gasteiger partial charge >= 0.3 is 6.03 Å². The first-order valence-electron chi connectivity index (χ1n) is 10.4. The summed E-state index contributed by atoms with van der Waals surface area (Å²) in [5.41, 5.74) is 2.86. The predicted molar refractivity (Wildman–Crippen MR) is 118 cm³/mol. The van der Waals surface area contributed by atoms with Crippen molar-refractivity contribution in [2.75, 3.05) is 40.8 Å². The van der Waals surface area contributed by atoms with Crippen LogP contribution in [0.3, 0.4) is 0 Å². The molecule has 1 aliphatic heterocycles. The van der Waals surface area contributed by atoms with Crippen LogP contribution in [-0.2, 0) is 0 Å². The lowest BCUT2D eigenvalue weighted by molar-refractivity contribution is 0.0421. The van der Waals surface area contributed by atoms with Crippen molar-refractivity contribution in [3.05, 3.63) is 54.1 Å². The van der Waals surface area contributed by atoms with Crippen LogP contribution in [0.1, 0.15) is 24.8 Å². The van der Waals surface area contributed by atoms with Crippen molar-refractivity contribution >= 4 is 6.03 Å². The fraction of sp³-hybridized carbons (Fsp3) is 0.417. The molecule has 6 heteroatoms. The number of hydrogen-bond acceptors (Lipinski definition) is 4. The van der Waals surface area contributed by atoms with Crippen LogP contribution in [0.4, 0.5) is 4.79 Å². The van der Waals surface area contributed by atoms with Crippen LogP contribution in [0.5, 0.6) is 5.75 Å². The number of rotatable bonds is 7. The molecule has 3 rings (SSSR count). The van der Waals surface area contributed by atoms with E-state index in [-0.39, 0.29) is 6.03 Å². The Hall–Kier alpha value is -3.04. The molecule has 2 aromatic carbocycles. The molecule has 30 heavy (non-hydrogen) atoms. The Bertz CT molecular complexity index is 872. The minimum atomic E-state index is 0.0171. The topological polar surface area (TPSA) is 59.8 Å². The maximum atomic E-state index is 12.1. The number of benzene rings is 2. The third-order valence-electron chi connectivity index (χ3n) is 5.58. The normalized spacial score (nSPS) is 16.1. The Labute approximate surface area is 179 Å². The number of hydrazine groups is 1. The van der Waals surface area contributed by atoms with E-state index in [1.807, 2.05) is 55.6 Å². The van der Waals surface area contributed by atoms with Gasteiger partial charge in [-0.05, 0) is 60.6 Å². The van der Waals surface area contributed by atoms with Crippen molar-refractivity contribution in [1.29, 1.82) is 5.26 Å². The van der Waals surface area contributed by atoms with Crippen LogP contribution in [-0.4, -0.2) is 61.8 Å². The summed E-state index contributed by atoms with van der Waals surface area (Å²) in [4.78, 5) is 13.7. The van der Waals surface area contributed by atoms with E-state index in [1.54, 1.807) is 24.0 Å². The number of ether oxygens (including phenoxy) is 1. The van der Waals surface area contributed by atoms with E-state index in [4.69, 9.17) is 10.00 Å². The first kappa shape index (κ1) is 21.7. The molecule has 2 aromatic rings. The lowest BCUT2D eigenvalue weighted by Crippen LogP contribution is -2.47. The van der Waals surface area contributed by atoms with Crippen molar-refractivity contribution in [2.45, 2.75) is 19.3 Å². The standard InChI is InChI=1S/C24H30N4O2/c1-26(2)24(29)27(3)28-15-14-20(18-28)5-4-16-30-23-12-10-22(11-13-23)21-8-6-19(17-25)7-9-21/h6-13,20H,4-5,14-16,18H2,1-3H3/t20-/m1/s1. The van der Waals surface area contributed by atoms with Crippen LogP contribution in [0, 0.1) is 17.2 Å². The molecular formula is C24H30N4O2. The summed E-state index contributed by atoms with van der Waals surface area (Å²) >= 11 is 0. The second-order valence-electron chi connectivity index (χ2n) is 7.97. The van der Waals surface area contributed by atoms with Crippen molar-refractivity contribution < 1.29 is 9.53 Å². The number of nitrogens with zero attached hydrogens (tertiary/aromatic N) is 4. The van der Waals surface area contributed by atoms with Crippen molar-refractivity contribution in [1.82, 2.24) is 14.9 Å². The molecule has 0 saturated carbocycles. The lowest BCUT2D eigenvalue weighted by Gasteiger charge is -2.30. The summed E-state index contributed by atoms with van der Waals surface area (Å²) in [5, 5.41) is 12.8. The molecule has 0 aromatic heterocycles. The third kappa shape index (κ3) is 5.52. The first-order valence-corrected chi connectivity index (χ1v) is 10.4. The Balaban J connectivity index is 1.40. The summed E-state index contributed by atoms with van der Waals surface area (Å²) in [7, 11) is 5.40. The first-order chi connectivity index (χ1) is 14.5. The van der Waals surface area contributed by atoms with Gasteiger partial charge in [-0.1, -0.05) is 24.3 Å². The van der Waals surface area contributed by atoms with Crippen molar-refractivity contribution in [2.24, 2.45) is 5.92 Å². The molecule has 0 bridgehead atoms. The Morgan fingerprint density at radius 2 is 1.73 bits per heavy atom. The summed E-state index contributed by atoms with van der Waals surface area (Å²) in [5.74, 6) is 1.47. The predicted octanol–water partition coefficient (Wildman–Crippen LogP) is 4.23. The van der Waals surface area contributed by atoms with Gasteiger partial charge in [-0.2, -0.15) is 5.26 Å². The molecule has 1 fully saturated rings. The molecule has 0 N–H and O–H groups in total. The van der Waals surface area contributed by atoms with Crippen LogP contribution < -0.4 is 4.74 Å². The van der Waals surface area contributed by atoms with Crippen LogP contribution in [0.25, 0.3) is 11.1 Å². The van der Waals surface area contributed by atoms with Gasteiger partial charge in [0.2, 0.25) is 0 Å². The molecule has 0 radical (unpaired) electrons. The lowest BCUT2D eigenvalue weighted by atomic mass is 10.0. The molecule has 158 valence electrons. The molecule has 1 heterocycles. The van der Waals surface area contributed by atoms with Gasteiger partial charge in [-0.3, -0.25) is 5.01 Å². The van der Waals surface area contributed by atoms with E-state index in [2.05, 4.69) is 11.1 Å². The third-order valence-corrected chi connectivity index (χ3v) is 5.58. The average molecular weight is 407 g/mol. The van der Waals surface area contributed by atoms with Gasteiger partial charge in [0, 0.05) is 34.2 Å². The van der Waals surface area contributed by atoms with E-state index < -0.39 is 0 Å². The molecule has 1 atom stereocenters. The summed E-state index contributed by atoms with van der Waals surface area (Å²) < 4.78 is 5.91. The van der Waals surface area contributed by atoms with E-state index in [0.29, 0.717) is 18.1 Å². The van der Waals surface area contributed by atoms with Crippen LogP contribution in [0.2, 0.25) is 0 Å². The monoisotopic (exact) mass is 406 g/mol. The molecule has 1 aliphatic rings. The fourth-order valence-corrected chi connectivity index (χ4v) is 3.77. The highest BCUT2D eigenvalue weighted by atomic mass is 16.5. The molecule has 0 spiro atoms. The van der Waals surface area contributed by atoms with Gasteiger partial charge in [0.15, 0.2) is 0 Å². The zero-order valence-electron chi connectivity index (χ0n) is 18.0. The van der Waals surface area contributed by atoms with Gasteiger partial charge in [0.1, 0.15) is 5.75 Å². The second-order valence-corrected chi connectivity index (χ2v) is 7.97. The van der Waals surface area contributed by atoms with E-state index >= 15 is 0 Å². The number of urea groups is 1. The van der Waals surface area contributed by atoms with Crippen LogP contribution in [0.15, 0.2) is 48.5 Å². The molecule has 1 saturated heterocycles. The fourth-order valence-electron chi connectivity index (χ4n) is 3.77. The smallest absolute Gasteiger partial charge is 0.333 e. The number of carbonyl (C=O) groups excluding carboxylic acids is 1. The molecule has 0 unspecified atom stereocenters. The van der Waals surface area contributed by atoms with Gasteiger partial charge in [0.25, 0.3) is 0 Å². The number of hydrogen-bond donors (Lipinski definition) is 0.